The molecule has 0 atom stereocenters. The highest BCUT2D eigenvalue weighted by Crippen LogP contribution is 2.37. The Kier molecular flexibility index (Phi) is 3.98. The molecule has 110 valence electrons. The van der Waals surface area contributed by atoms with Crippen molar-refractivity contribution in [1.82, 2.24) is 20.1 Å². The standard InChI is InChI=1S/C13H20N4O3/c18-7-8-20-10-3-5-17(6-4-10)13(19)12-14-11(15-16-12)9-1-2-9/h9-10,18H,1-8H2,(H,14,15,16). The number of aromatic amines is 1. The summed E-state index contributed by atoms with van der Waals surface area (Å²) >= 11 is 0. The van der Waals surface area contributed by atoms with E-state index in [0.717, 1.165) is 31.5 Å². The second kappa shape index (κ2) is 5.88. The zero-order chi connectivity index (χ0) is 13.9. The molecule has 1 saturated heterocycles. The molecule has 1 amide bonds. The summed E-state index contributed by atoms with van der Waals surface area (Å²) in [6, 6.07) is 0. The molecule has 2 N–H and O–H groups in total. The van der Waals surface area contributed by atoms with Crippen LogP contribution >= 0.6 is 0 Å². The molecule has 3 rings (SSSR count). The van der Waals surface area contributed by atoms with Gasteiger partial charge in [-0.25, -0.2) is 4.98 Å². The van der Waals surface area contributed by atoms with Crippen LogP contribution < -0.4 is 0 Å². The number of hydrogen-bond acceptors (Lipinski definition) is 5. The van der Waals surface area contributed by atoms with Crippen molar-refractivity contribution in [3.63, 3.8) is 0 Å². The highest BCUT2D eigenvalue weighted by atomic mass is 16.5. The van der Waals surface area contributed by atoms with Crippen molar-refractivity contribution in [2.75, 3.05) is 26.3 Å². The minimum Gasteiger partial charge on any atom is -0.394 e. The van der Waals surface area contributed by atoms with Gasteiger partial charge in [-0.1, -0.05) is 0 Å². The summed E-state index contributed by atoms with van der Waals surface area (Å²) in [7, 11) is 0. The second-order valence-electron chi connectivity index (χ2n) is 5.40. The molecule has 0 spiro atoms. The Bertz CT molecular complexity index is 464. The van der Waals surface area contributed by atoms with Crippen molar-refractivity contribution in [2.24, 2.45) is 0 Å². The van der Waals surface area contributed by atoms with Gasteiger partial charge in [0, 0.05) is 19.0 Å². The minimum absolute atomic E-state index is 0.0419. The van der Waals surface area contributed by atoms with Gasteiger partial charge < -0.3 is 14.7 Å². The number of H-pyrrole nitrogens is 1. The first-order valence-electron chi connectivity index (χ1n) is 7.22. The van der Waals surface area contributed by atoms with Crippen molar-refractivity contribution in [3.05, 3.63) is 11.6 Å². The molecule has 2 heterocycles. The van der Waals surface area contributed by atoms with Crippen molar-refractivity contribution in [3.8, 4) is 0 Å². The maximum atomic E-state index is 12.3. The lowest BCUT2D eigenvalue weighted by Gasteiger charge is -2.31. The maximum Gasteiger partial charge on any atom is 0.293 e. The summed E-state index contributed by atoms with van der Waals surface area (Å²) in [5, 5.41) is 15.6. The fraction of sp³-hybridized carbons (Fsp3) is 0.769. The number of nitrogens with zero attached hydrogens (tertiary/aromatic N) is 3. The number of aliphatic hydroxyl groups excluding tert-OH is 1. The maximum absolute atomic E-state index is 12.3. The molecule has 0 radical (unpaired) electrons. The molecule has 1 aromatic heterocycles. The number of nitrogens with one attached hydrogen (secondary N) is 1. The molecule has 7 nitrogen and oxygen atoms in total. The van der Waals surface area contributed by atoms with Crippen LogP contribution in [0, 0.1) is 0 Å². The van der Waals surface area contributed by atoms with Gasteiger partial charge in [0.15, 0.2) is 0 Å². The largest absolute Gasteiger partial charge is 0.394 e. The quantitative estimate of drug-likeness (QED) is 0.809. The number of aliphatic hydroxyl groups is 1. The summed E-state index contributed by atoms with van der Waals surface area (Å²) in [6.45, 7) is 1.72. The summed E-state index contributed by atoms with van der Waals surface area (Å²) < 4.78 is 5.48. The van der Waals surface area contributed by atoms with E-state index in [2.05, 4.69) is 15.2 Å². The number of carbonyl (C=O) groups excluding carboxylic acids is 1. The van der Waals surface area contributed by atoms with E-state index in [1.807, 2.05) is 0 Å². The number of amides is 1. The number of rotatable bonds is 5. The Labute approximate surface area is 117 Å². The van der Waals surface area contributed by atoms with Crippen molar-refractivity contribution in [1.29, 1.82) is 0 Å². The molecule has 20 heavy (non-hydrogen) atoms. The normalized spacial score (nSPS) is 20.4. The molecular formula is C13H20N4O3. The summed E-state index contributed by atoms with van der Waals surface area (Å²) in [5.74, 6) is 1.49. The Hall–Kier alpha value is -1.47. The van der Waals surface area contributed by atoms with Gasteiger partial charge in [-0.05, 0) is 25.7 Å². The molecule has 0 aromatic carbocycles. The third-order valence-corrected chi connectivity index (χ3v) is 3.83. The predicted molar refractivity (Wildman–Crippen MR) is 70.3 cm³/mol. The fourth-order valence-electron chi connectivity index (χ4n) is 2.50. The number of hydrogen-bond donors (Lipinski definition) is 2. The molecular weight excluding hydrogens is 260 g/mol. The zero-order valence-corrected chi connectivity index (χ0v) is 11.4. The van der Waals surface area contributed by atoms with Crippen molar-refractivity contribution < 1.29 is 14.6 Å². The van der Waals surface area contributed by atoms with Crippen LogP contribution in [-0.2, 0) is 4.74 Å². The lowest BCUT2D eigenvalue weighted by atomic mass is 10.1. The van der Waals surface area contributed by atoms with Gasteiger partial charge in [0.05, 0.1) is 19.3 Å². The van der Waals surface area contributed by atoms with Gasteiger partial charge in [-0.15, -0.1) is 5.10 Å². The topological polar surface area (TPSA) is 91.3 Å². The molecule has 0 unspecified atom stereocenters. The Morgan fingerprint density at radius 2 is 2.10 bits per heavy atom. The van der Waals surface area contributed by atoms with E-state index in [4.69, 9.17) is 9.84 Å². The number of aromatic nitrogens is 3. The highest BCUT2D eigenvalue weighted by molar-refractivity contribution is 5.90. The first-order chi connectivity index (χ1) is 9.78. The smallest absolute Gasteiger partial charge is 0.293 e. The molecule has 1 aliphatic heterocycles. The fourth-order valence-corrected chi connectivity index (χ4v) is 2.50. The van der Waals surface area contributed by atoms with Crippen LogP contribution in [0.15, 0.2) is 0 Å². The van der Waals surface area contributed by atoms with Gasteiger partial charge in [0.25, 0.3) is 5.91 Å². The summed E-state index contributed by atoms with van der Waals surface area (Å²) in [6.07, 6.45) is 4.00. The SMILES string of the molecule is O=C(c1n[nH]c(C2CC2)n1)N1CCC(OCCO)CC1. The van der Waals surface area contributed by atoms with Crippen LogP contribution in [0.3, 0.4) is 0 Å². The lowest BCUT2D eigenvalue weighted by molar-refractivity contribution is -0.00575. The van der Waals surface area contributed by atoms with E-state index in [9.17, 15) is 4.79 Å². The molecule has 1 aromatic rings. The van der Waals surface area contributed by atoms with E-state index in [0.29, 0.717) is 25.6 Å². The second-order valence-corrected chi connectivity index (χ2v) is 5.40. The average molecular weight is 280 g/mol. The molecule has 0 bridgehead atoms. The van der Waals surface area contributed by atoms with Crippen LogP contribution in [0.25, 0.3) is 0 Å². The average Bonchev–Trinajstić information content (AvgIpc) is 3.22. The van der Waals surface area contributed by atoms with E-state index in [1.165, 1.54) is 0 Å². The van der Waals surface area contributed by atoms with Crippen LogP contribution in [0.4, 0.5) is 0 Å². The Morgan fingerprint density at radius 3 is 2.75 bits per heavy atom. The van der Waals surface area contributed by atoms with E-state index < -0.39 is 0 Å². The van der Waals surface area contributed by atoms with E-state index in [1.54, 1.807) is 4.90 Å². The summed E-state index contributed by atoms with van der Waals surface area (Å²) in [5.41, 5.74) is 0. The third-order valence-electron chi connectivity index (χ3n) is 3.83. The zero-order valence-electron chi connectivity index (χ0n) is 11.4. The molecule has 2 fully saturated rings. The number of piperidine rings is 1. The third kappa shape index (κ3) is 2.99. The van der Waals surface area contributed by atoms with Gasteiger partial charge >= 0.3 is 0 Å². The first-order valence-corrected chi connectivity index (χ1v) is 7.22. The van der Waals surface area contributed by atoms with Gasteiger partial charge in [-0.3, -0.25) is 9.89 Å². The Morgan fingerprint density at radius 1 is 1.35 bits per heavy atom. The molecule has 2 aliphatic rings. The number of likely N-dealkylation sites (tertiary alicyclic amines) is 1. The Balaban J connectivity index is 1.52. The van der Waals surface area contributed by atoms with Gasteiger partial charge in [0.2, 0.25) is 5.82 Å². The van der Waals surface area contributed by atoms with Crippen LogP contribution in [-0.4, -0.2) is 63.5 Å². The van der Waals surface area contributed by atoms with Crippen LogP contribution in [0.5, 0.6) is 0 Å². The van der Waals surface area contributed by atoms with Crippen LogP contribution in [0.1, 0.15) is 48.0 Å². The number of carbonyl (C=O) groups is 1. The number of ether oxygens (including phenoxy) is 1. The van der Waals surface area contributed by atoms with Crippen LogP contribution in [0.2, 0.25) is 0 Å². The lowest BCUT2D eigenvalue weighted by Crippen LogP contribution is -2.41. The van der Waals surface area contributed by atoms with Gasteiger partial charge in [-0.2, -0.15) is 0 Å². The van der Waals surface area contributed by atoms with E-state index >= 15 is 0 Å². The van der Waals surface area contributed by atoms with Crippen molar-refractivity contribution in [2.45, 2.75) is 37.7 Å². The molecule has 1 aliphatic carbocycles. The molecule has 1 saturated carbocycles. The molecule has 7 heteroatoms. The highest BCUT2D eigenvalue weighted by Gasteiger charge is 2.30. The monoisotopic (exact) mass is 280 g/mol. The summed E-state index contributed by atoms with van der Waals surface area (Å²) in [4.78, 5) is 18.3. The predicted octanol–water partition coefficient (Wildman–Crippen LogP) is 0.296. The minimum atomic E-state index is -0.103. The van der Waals surface area contributed by atoms with Crippen molar-refractivity contribution >= 4 is 5.91 Å². The first kappa shape index (κ1) is 13.5. The van der Waals surface area contributed by atoms with Gasteiger partial charge in [0.1, 0.15) is 5.82 Å². The van der Waals surface area contributed by atoms with E-state index in [-0.39, 0.29) is 24.4 Å².